The molecule has 9 heteroatoms. The SMILES string of the molecule is Cc1nc(CNS(=O)(=O)c2cnn(C(C)C)c2)oc1-c1ccc(Cl)cc1. The summed E-state index contributed by atoms with van der Waals surface area (Å²) in [6, 6.07) is 7.24. The van der Waals surface area contributed by atoms with E-state index in [1.54, 1.807) is 23.7 Å². The molecule has 3 rings (SSSR count). The average Bonchev–Trinajstić information content (AvgIpc) is 3.21. The minimum absolute atomic E-state index is 0.0520. The number of hydrogen-bond donors (Lipinski definition) is 1. The van der Waals surface area contributed by atoms with Gasteiger partial charge in [-0.3, -0.25) is 4.68 Å². The molecule has 0 unspecified atom stereocenters. The van der Waals surface area contributed by atoms with Crippen LogP contribution in [0.1, 0.15) is 31.5 Å². The zero-order valence-corrected chi connectivity index (χ0v) is 16.2. The Bertz CT molecular complexity index is 1010. The maximum atomic E-state index is 12.4. The van der Waals surface area contributed by atoms with Crippen molar-refractivity contribution in [2.24, 2.45) is 0 Å². The molecule has 0 fully saturated rings. The monoisotopic (exact) mass is 394 g/mol. The Kier molecular flexibility index (Phi) is 5.17. The van der Waals surface area contributed by atoms with Gasteiger partial charge in [-0.15, -0.1) is 0 Å². The summed E-state index contributed by atoms with van der Waals surface area (Å²) in [7, 11) is -3.70. The third-order valence-corrected chi connectivity index (χ3v) is 5.39. The van der Waals surface area contributed by atoms with Crippen LogP contribution in [0.2, 0.25) is 5.02 Å². The standard InChI is InChI=1S/C17H19ClN4O3S/c1-11(2)22-10-15(8-19-22)26(23,24)20-9-16-21-12(3)17(25-16)13-4-6-14(18)7-5-13/h4-8,10-11,20H,9H2,1-3H3. The Hall–Kier alpha value is -2.16. The average molecular weight is 395 g/mol. The number of nitrogens with one attached hydrogen (secondary N) is 1. The highest BCUT2D eigenvalue weighted by atomic mass is 35.5. The highest BCUT2D eigenvalue weighted by Crippen LogP contribution is 2.26. The van der Waals surface area contributed by atoms with E-state index < -0.39 is 10.0 Å². The first kappa shape index (κ1) is 18.6. The lowest BCUT2D eigenvalue weighted by atomic mass is 10.1. The van der Waals surface area contributed by atoms with Gasteiger partial charge >= 0.3 is 0 Å². The molecular weight excluding hydrogens is 376 g/mol. The molecule has 0 bridgehead atoms. The predicted octanol–water partition coefficient (Wildman–Crippen LogP) is 3.56. The lowest BCUT2D eigenvalue weighted by Crippen LogP contribution is -2.23. The van der Waals surface area contributed by atoms with E-state index in [1.165, 1.54) is 12.4 Å². The molecule has 0 aliphatic heterocycles. The number of aryl methyl sites for hydroxylation is 1. The van der Waals surface area contributed by atoms with E-state index in [9.17, 15) is 8.42 Å². The molecule has 0 saturated carbocycles. The third kappa shape index (κ3) is 3.98. The van der Waals surface area contributed by atoms with Crippen molar-refractivity contribution in [2.45, 2.75) is 38.3 Å². The Labute approximate surface area is 157 Å². The summed E-state index contributed by atoms with van der Waals surface area (Å²) in [6.07, 6.45) is 2.81. The number of hydrogen-bond acceptors (Lipinski definition) is 5. The van der Waals surface area contributed by atoms with Crippen LogP contribution in [-0.4, -0.2) is 23.2 Å². The Morgan fingerprint density at radius 1 is 1.27 bits per heavy atom. The first-order valence-electron chi connectivity index (χ1n) is 8.02. The van der Waals surface area contributed by atoms with Gasteiger partial charge in [0.05, 0.1) is 18.4 Å². The fourth-order valence-corrected chi connectivity index (χ4v) is 3.42. The number of rotatable bonds is 6. The molecule has 26 heavy (non-hydrogen) atoms. The van der Waals surface area contributed by atoms with Crippen LogP contribution in [0, 0.1) is 6.92 Å². The predicted molar refractivity (Wildman–Crippen MR) is 98.3 cm³/mol. The molecular formula is C17H19ClN4O3S. The summed E-state index contributed by atoms with van der Waals surface area (Å²) in [5.41, 5.74) is 1.50. The minimum atomic E-state index is -3.70. The van der Waals surface area contributed by atoms with Gasteiger partial charge in [-0.1, -0.05) is 11.6 Å². The largest absolute Gasteiger partial charge is 0.439 e. The third-order valence-electron chi connectivity index (χ3n) is 3.78. The van der Waals surface area contributed by atoms with Gasteiger partial charge in [0.15, 0.2) is 5.76 Å². The molecule has 0 saturated heterocycles. The molecule has 138 valence electrons. The summed E-state index contributed by atoms with van der Waals surface area (Å²) in [6.45, 7) is 5.59. The van der Waals surface area contributed by atoms with Crippen LogP contribution in [0.5, 0.6) is 0 Å². The van der Waals surface area contributed by atoms with E-state index >= 15 is 0 Å². The minimum Gasteiger partial charge on any atom is -0.439 e. The van der Waals surface area contributed by atoms with Crippen LogP contribution in [0.25, 0.3) is 11.3 Å². The number of oxazole rings is 1. The molecule has 3 aromatic rings. The number of benzene rings is 1. The summed E-state index contributed by atoms with van der Waals surface area (Å²) < 4.78 is 34.6. The first-order valence-corrected chi connectivity index (χ1v) is 9.88. The zero-order valence-electron chi connectivity index (χ0n) is 14.6. The second-order valence-corrected chi connectivity index (χ2v) is 8.31. The molecule has 7 nitrogen and oxygen atoms in total. The van der Waals surface area contributed by atoms with E-state index in [0.717, 1.165) is 5.56 Å². The maximum Gasteiger partial charge on any atom is 0.244 e. The highest BCUT2D eigenvalue weighted by molar-refractivity contribution is 7.89. The number of nitrogens with zero attached hydrogens (tertiary/aromatic N) is 3. The van der Waals surface area contributed by atoms with Crippen LogP contribution in [-0.2, 0) is 16.6 Å². The molecule has 0 aliphatic rings. The van der Waals surface area contributed by atoms with Crippen molar-refractivity contribution >= 4 is 21.6 Å². The maximum absolute atomic E-state index is 12.4. The van der Waals surface area contributed by atoms with Crippen molar-refractivity contribution in [1.82, 2.24) is 19.5 Å². The molecule has 0 radical (unpaired) electrons. The normalized spacial score (nSPS) is 12.0. The van der Waals surface area contributed by atoms with Gasteiger partial charge in [-0.05, 0) is 45.0 Å². The van der Waals surface area contributed by atoms with Crippen LogP contribution in [0.3, 0.4) is 0 Å². The van der Waals surface area contributed by atoms with Gasteiger partial charge in [0.2, 0.25) is 15.9 Å². The van der Waals surface area contributed by atoms with Crippen LogP contribution in [0.15, 0.2) is 46.0 Å². The molecule has 2 heterocycles. The second kappa shape index (κ2) is 7.22. The van der Waals surface area contributed by atoms with Gasteiger partial charge < -0.3 is 4.42 Å². The molecule has 0 spiro atoms. The van der Waals surface area contributed by atoms with E-state index in [1.807, 2.05) is 26.0 Å². The Balaban J connectivity index is 1.75. The lowest BCUT2D eigenvalue weighted by molar-refractivity contribution is 0.494. The number of aromatic nitrogens is 3. The molecule has 0 amide bonds. The van der Waals surface area contributed by atoms with E-state index in [0.29, 0.717) is 16.5 Å². The van der Waals surface area contributed by atoms with Crippen molar-refractivity contribution in [2.75, 3.05) is 0 Å². The van der Waals surface area contributed by atoms with Crippen molar-refractivity contribution in [3.05, 3.63) is 53.3 Å². The summed E-state index contributed by atoms with van der Waals surface area (Å²) in [4.78, 5) is 4.40. The van der Waals surface area contributed by atoms with E-state index in [2.05, 4.69) is 14.8 Å². The van der Waals surface area contributed by atoms with Crippen molar-refractivity contribution in [1.29, 1.82) is 0 Å². The van der Waals surface area contributed by atoms with Crippen LogP contribution >= 0.6 is 11.6 Å². The van der Waals surface area contributed by atoms with Gasteiger partial charge in [-0.25, -0.2) is 18.1 Å². The second-order valence-electron chi connectivity index (χ2n) is 6.10. The molecule has 2 aromatic heterocycles. The molecule has 0 aliphatic carbocycles. The fraction of sp³-hybridized carbons (Fsp3) is 0.294. The first-order chi connectivity index (χ1) is 12.3. The topological polar surface area (TPSA) is 90.0 Å². The van der Waals surface area contributed by atoms with Crippen molar-refractivity contribution < 1.29 is 12.8 Å². The lowest BCUT2D eigenvalue weighted by Gasteiger charge is -2.04. The summed E-state index contributed by atoms with van der Waals surface area (Å²) in [5, 5.41) is 4.68. The summed E-state index contributed by atoms with van der Waals surface area (Å²) in [5.74, 6) is 0.871. The highest BCUT2D eigenvalue weighted by Gasteiger charge is 2.19. The van der Waals surface area contributed by atoms with E-state index in [4.69, 9.17) is 16.0 Å². The summed E-state index contributed by atoms with van der Waals surface area (Å²) >= 11 is 5.89. The molecule has 0 atom stereocenters. The Morgan fingerprint density at radius 3 is 2.58 bits per heavy atom. The van der Waals surface area contributed by atoms with Crippen molar-refractivity contribution in [3.8, 4) is 11.3 Å². The number of halogens is 1. The van der Waals surface area contributed by atoms with Gasteiger partial charge in [0.1, 0.15) is 4.90 Å². The molecule has 1 N–H and O–H groups in total. The van der Waals surface area contributed by atoms with Gasteiger partial charge in [-0.2, -0.15) is 5.10 Å². The van der Waals surface area contributed by atoms with E-state index in [-0.39, 0.29) is 23.4 Å². The number of sulfonamides is 1. The van der Waals surface area contributed by atoms with Crippen molar-refractivity contribution in [3.63, 3.8) is 0 Å². The fourth-order valence-electron chi connectivity index (χ4n) is 2.38. The van der Waals surface area contributed by atoms with Crippen LogP contribution in [0.4, 0.5) is 0 Å². The zero-order chi connectivity index (χ0) is 18.9. The quantitative estimate of drug-likeness (QED) is 0.690. The van der Waals surface area contributed by atoms with Gasteiger partial charge in [0, 0.05) is 22.8 Å². The Morgan fingerprint density at radius 2 is 1.96 bits per heavy atom. The van der Waals surface area contributed by atoms with Gasteiger partial charge in [0.25, 0.3) is 0 Å². The van der Waals surface area contributed by atoms with Crippen LogP contribution < -0.4 is 4.72 Å². The molecule has 1 aromatic carbocycles. The smallest absolute Gasteiger partial charge is 0.244 e.